The van der Waals surface area contributed by atoms with E-state index in [1.54, 1.807) is 7.11 Å². The number of anilines is 1. The van der Waals surface area contributed by atoms with Gasteiger partial charge in [0.25, 0.3) is 0 Å². The Kier molecular flexibility index (Phi) is 8.15. The molecule has 7 heteroatoms. The van der Waals surface area contributed by atoms with Crippen molar-refractivity contribution in [1.29, 1.82) is 0 Å². The van der Waals surface area contributed by atoms with Crippen LogP contribution in [0.2, 0.25) is 0 Å². The molecule has 0 aromatic heterocycles. The van der Waals surface area contributed by atoms with Gasteiger partial charge in [-0.3, -0.25) is 4.99 Å². The number of piperazine rings is 1. The van der Waals surface area contributed by atoms with Crippen molar-refractivity contribution in [3.05, 3.63) is 59.9 Å². The van der Waals surface area contributed by atoms with E-state index in [0.29, 0.717) is 12.5 Å². The predicted molar refractivity (Wildman–Crippen MR) is 119 cm³/mol. The highest BCUT2D eigenvalue weighted by atomic mass is 127. The standard InChI is InChI=1S/C20H25FN4O.HI/c1-26-19-4-2-3-16(15-19)9-10-23-20(22)25-13-11-24(12-14-25)18-7-5-17(21)6-8-18;/h2-8,15H,9-14H2,1H3,(H2,22,23);1H. The van der Waals surface area contributed by atoms with E-state index in [0.717, 1.165) is 44.0 Å². The van der Waals surface area contributed by atoms with E-state index in [9.17, 15) is 4.39 Å². The van der Waals surface area contributed by atoms with E-state index in [-0.39, 0.29) is 29.8 Å². The summed E-state index contributed by atoms with van der Waals surface area (Å²) in [5.74, 6) is 1.24. The van der Waals surface area contributed by atoms with E-state index < -0.39 is 0 Å². The number of hydrogen-bond acceptors (Lipinski definition) is 3. The number of methoxy groups -OCH3 is 1. The predicted octanol–water partition coefficient (Wildman–Crippen LogP) is 3.13. The summed E-state index contributed by atoms with van der Waals surface area (Å²) in [6.45, 7) is 3.96. The number of guanidine groups is 1. The molecule has 0 aliphatic carbocycles. The fourth-order valence-corrected chi connectivity index (χ4v) is 3.07. The van der Waals surface area contributed by atoms with Crippen molar-refractivity contribution in [2.24, 2.45) is 10.7 Å². The summed E-state index contributed by atoms with van der Waals surface area (Å²) in [6, 6.07) is 14.6. The zero-order chi connectivity index (χ0) is 18.4. The number of halogens is 2. The second kappa shape index (κ2) is 10.3. The molecule has 1 aliphatic rings. The molecular formula is C20H26FIN4O. The molecule has 0 amide bonds. The first-order chi connectivity index (χ1) is 12.7. The van der Waals surface area contributed by atoms with Crippen LogP contribution < -0.4 is 15.4 Å². The molecule has 1 fully saturated rings. The number of aliphatic imine (C=N–C) groups is 1. The molecule has 2 aromatic rings. The van der Waals surface area contributed by atoms with Gasteiger partial charge >= 0.3 is 0 Å². The van der Waals surface area contributed by atoms with Crippen molar-refractivity contribution in [2.75, 3.05) is 44.7 Å². The van der Waals surface area contributed by atoms with Crippen molar-refractivity contribution in [3.63, 3.8) is 0 Å². The lowest BCUT2D eigenvalue weighted by Gasteiger charge is -2.36. The van der Waals surface area contributed by atoms with Crippen LogP contribution in [-0.4, -0.2) is 50.7 Å². The van der Waals surface area contributed by atoms with Crippen LogP contribution >= 0.6 is 24.0 Å². The van der Waals surface area contributed by atoms with Crippen molar-refractivity contribution < 1.29 is 9.13 Å². The molecule has 0 saturated carbocycles. The van der Waals surface area contributed by atoms with Gasteiger partial charge in [0.2, 0.25) is 0 Å². The second-order valence-corrected chi connectivity index (χ2v) is 6.29. The van der Waals surface area contributed by atoms with E-state index in [1.807, 2.05) is 30.3 Å². The van der Waals surface area contributed by atoms with Gasteiger partial charge < -0.3 is 20.3 Å². The minimum Gasteiger partial charge on any atom is -0.497 e. The quantitative estimate of drug-likeness (QED) is 0.403. The molecule has 0 radical (unpaired) electrons. The van der Waals surface area contributed by atoms with Gasteiger partial charge in [0.1, 0.15) is 11.6 Å². The Labute approximate surface area is 177 Å². The third kappa shape index (κ3) is 5.98. The summed E-state index contributed by atoms with van der Waals surface area (Å²) in [5, 5.41) is 0. The van der Waals surface area contributed by atoms with Gasteiger partial charge in [-0.2, -0.15) is 0 Å². The number of hydrogen-bond donors (Lipinski definition) is 1. The Morgan fingerprint density at radius 1 is 1.11 bits per heavy atom. The highest BCUT2D eigenvalue weighted by Crippen LogP contribution is 2.17. The van der Waals surface area contributed by atoms with Gasteiger partial charge in [-0.1, -0.05) is 12.1 Å². The van der Waals surface area contributed by atoms with Crippen molar-refractivity contribution in [3.8, 4) is 5.75 Å². The van der Waals surface area contributed by atoms with Gasteiger partial charge in [-0.25, -0.2) is 4.39 Å². The zero-order valence-electron chi connectivity index (χ0n) is 15.5. The first kappa shape index (κ1) is 21.3. The van der Waals surface area contributed by atoms with Crippen LogP contribution in [0.25, 0.3) is 0 Å². The molecule has 2 N–H and O–H groups in total. The highest BCUT2D eigenvalue weighted by molar-refractivity contribution is 14.0. The molecule has 146 valence electrons. The molecule has 0 bridgehead atoms. The molecule has 0 atom stereocenters. The van der Waals surface area contributed by atoms with Gasteiger partial charge in [0.15, 0.2) is 5.96 Å². The largest absolute Gasteiger partial charge is 0.497 e. The molecule has 1 saturated heterocycles. The summed E-state index contributed by atoms with van der Waals surface area (Å²) in [5.41, 5.74) is 8.38. The van der Waals surface area contributed by atoms with Crippen LogP contribution in [-0.2, 0) is 6.42 Å². The Morgan fingerprint density at radius 2 is 1.81 bits per heavy atom. The first-order valence-corrected chi connectivity index (χ1v) is 8.84. The van der Waals surface area contributed by atoms with Crippen LogP contribution in [0.1, 0.15) is 5.56 Å². The molecule has 27 heavy (non-hydrogen) atoms. The molecule has 0 spiro atoms. The highest BCUT2D eigenvalue weighted by Gasteiger charge is 2.18. The van der Waals surface area contributed by atoms with Crippen LogP contribution in [0, 0.1) is 5.82 Å². The smallest absolute Gasteiger partial charge is 0.191 e. The lowest BCUT2D eigenvalue weighted by atomic mass is 10.1. The van der Waals surface area contributed by atoms with Crippen LogP contribution in [0.4, 0.5) is 10.1 Å². The number of benzene rings is 2. The lowest BCUT2D eigenvalue weighted by molar-refractivity contribution is 0.381. The maximum atomic E-state index is 13.0. The number of ether oxygens (including phenoxy) is 1. The van der Waals surface area contributed by atoms with Gasteiger partial charge in [-0.05, 0) is 48.4 Å². The molecular weight excluding hydrogens is 458 g/mol. The molecule has 5 nitrogen and oxygen atoms in total. The summed E-state index contributed by atoms with van der Waals surface area (Å²) in [7, 11) is 1.67. The van der Waals surface area contributed by atoms with Crippen LogP contribution in [0.5, 0.6) is 5.75 Å². The third-order valence-corrected chi connectivity index (χ3v) is 4.60. The average Bonchev–Trinajstić information content (AvgIpc) is 2.69. The zero-order valence-corrected chi connectivity index (χ0v) is 17.8. The molecule has 0 unspecified atom stereocenters. The Hall–Kier alpha value is -2.03. The van der Waals surface area contributed by atoms with E-state index in [2.05, 4.69) is 20.9 Å². The number of nitrogens with two attached hydrogens (primary N) is 1. The average molecular weight is 484 g/mol. The minimum atomic E-state index is -0.209. The van der Waals surface area contributed by atoms with Gasteiger partial charge in [-0.15, -0.1) is 24.0 Å². The maximum absolute atomic E-state index is 13.0. The van der Waals surface area contributed by atoms with Gasteiger partial charge in [0.05, 0.1) is 7.11 Å². The van der Waals surface area contributed by atoms with Gasteiger partial charge in [0, 0.05) is 38.4 Å². The van der Waals surface area contributed by atoms with Crippen molar-refractivity contribution >= 4 is 35.6 Å². The normalized spacial score (nSPS) is 14.7. The maximum Gasteiger partial charge on any atom is 0.191 e. The summed E-state index contributed by atoms with van der Waals surface area (Å²) in [6.07, 6.45) is 0.827. The summed E-state index contributed by atoms with van der Waals surface area (Å²) < 4.78 is 18.3. The molecule has 1 heterocycles. The molecule has 1 aliphatic heterocycles. The summed E-state index contributed by atoms with van der Waals surface area (Å²) in [4.78, 5) is 8.86. The molecule has 2 aromatic carbocycles. The van der Waals surface area contributed by atoms with E-state index >= 15 is 0 Å². The Bertz CT molecular complexity index is 746. The Morgan fingerprint density at radius 3 is 2.48 bits per heavy atom. The van der Waals surface area contributed by atoms with Crippen LogP contribution in [0.3, 0.4) is 0 Å². The van der Waals surface area contributed by atoms with E-state index in [1.165, 1.54) is 17.7 Å². The fourth-order valence-electron chi connectivity index (χ4n) is 3.07. The fraction of sp³-hybridized carbons (Fsp3) is 0.350. The van der Waals surface area contributed by atoms with Crippen molar-refractivity contribution in [2.45, 2.75) is 6.42 Å². The van der Waals surface area contributed by atoms with Crippen molar-refractivity contribution in [1.82, 2.24) is 4.90 Å². The third-order valence-electron chi connectivity index (χ3n) is 4.60. The SMILES string of the molecule is COc1cccc(CCN=C(N)N2CCN(c3ccc(F)cc3)CC2)c1.I. The number of nitrogens with zero attached hydrogens (tertiary/aromatic N) is 3. The Balaban J connectivity index is 0.00000261. The second-order valence-electron chi connectivity index (χ2n) is 6.29. The summed E-state index contributed by atoms with van der Waals surface area (Å²) >= 11 is 0. The van der Waals surface area contributed by atoms with E-state index in [4.69, 9.17) is 10.5 Å². The molecule has 3 rings (SSSR count). The lowest BCUT2D eigenvalue weighted by Crippen LogP contribution is -2.51. The number of rotatable bonds is 5. The first-order valence-electron chi connectivity index (χ1n) is 8.84. The monoisotopic (exact) mass is 484 g/mol. The van der Waals surface area contributed by atoms with Crippen LogP contribution in [0.15, 0.2) is 53.5 Å². The minimum absolute atomic E-state index is 0. The topological polar surface area (TPSA) is 54.1 Å².